The van der Waals surface area contributed by atoms with Crippen molar-refractivity contribution in [1.29, 1.82) is 0 Å². The Kier molecular flexibility index (Phi) is 4.79. The third kappa shape index (κ3) is 3.62. The van der Waals surface area contributed by atoms with E-state index in [-0.39, 0.29) is 12.1 Å². The fraction of sp³-hybridized carbons (Fsp3) is 0.500. The molecule has 0 fully saturated rings. The van der Waals surface area contributed by atoms with E-state index in [1.807, 2.05) is 52.0 Å². The van der Waals surface area contributed by atoms with Crippen molar-refractivity contribution in [2.45, 2.75) is 45.8 Å². The summed E-state index contributed by atoms with van der Waals surface area (Å²) in [5.74, 6) is 0.805. The molecular weight excluding hydrogens is 278 g/mol. The van der Waals surface area contributed by atoms with Crippen molar-refractivity contribution < 1.29 is 14.3 Å². The molecule has 0 saturated heterocycles. The number of amides is 1. The summed E-state index contributed by atoms with van der Waals surface area (Å²) in [7, 11) is 1.65. The van der Waals surface area contributed by atoms with Crippen LogP contribution in [0.2, 0.25) is 0 Å². The maximum atomic E-state index is 12.5. The van der Waals surface area contributed by atoms with Crippen LogP contribution in [0.5, 0.6) is 5.75 Å². The van der Waals surface area contributed by atoms with Crippen molar-refractivity contribution in [1.82, 2.24) is 4.90 Å². The van der Waals surface area contributed by atoms with Crippen LogP contribution in [0.25, 0.3) is 0 Å². The number of allylic oxidation sites excluding steroid dienone is 1. The lowest BCUT2D eigenvalue weighted by Crippen LogP contribution is -2.42. The van der Waals surface area contributed by atoms with Gasteiger partial charge in [0.25, 0.3) is 0 Å². The van der Waals surface area contributed by atoms with E-state index in [1.54, 1.807) is 12.0 Å². The predicted molar refractivity (Wildman–Crippen MR) is 87.2 cm³/mol. The van der Waals surface area contributed by atoms with Crippen LogP contribution in [0.4, 0.5) is 4.79 Å². The number of carbonyl (C=O) groups excluding carboxylic acids is 1. The van der Waals surface area contributed by atoms with Crippen LogP contribution in [0.3, 0.4) is 0 Å². The number of carbonyl (C=O) groups is 1. The molecule has 1 aromatic carbocycles. The van der Waals surface area contributed by atoms with Gasteiger partial charge >= 0.3 is 6.09 Å². The van der Waals surface area contributed by atoms with Crippen LogP contribution < -0.4 is 4.74 Å². The monoisotopic (exact) mass is 303 g/mol. The van der Waals surface area contributed by atoms with E-state index in [0.29, 0.717) is 6.54 Å². The second kappa shape index (κ2) is 6.42. The minimum atomic E-state index is -0.494. The molecule has 0 spiro atoms. The Morgan fingerprint density at radius 1 is 1.36 bits per heavy atom. The Hall–Kier alpha value is -1.97. The summed E-state index contributed by atoms with van der Waals surface area (Å²) >= 11 is 0. The lowest BCUT2D eigenvalue weighted by molar-refractivity contribution is 0.0184. The molecule has 0 aliphatic carbocycles. The van der Waals surface area contributed by atoms with Crippen molar-refractivity contribution in [2.24, 2.45) is 0 Å². The first-order valence-electron chi connectivity index (χ1n) is 7.65. The van der Waals surface area contributed by atoms with E-state index in [1.165, 1.54) is 5.56 Å². The lowest BCUT2D eigenvalue weighted by atomic mass is 9.92. The highest BCUT2D eigenvalue weighted by molar-refractivity contribution is 5.70. The molecule has 0 radical (unpaired) electrons. The summed E-state index contributed by atoms with van der Waals surface area (Å²) in [5.41, 5.74) is 1.87. The summed E-state index contributed by atoms with van der Waals surface area (Å²) in [6.45, 7) is 8.27. The van der Waals surface area contributed by atoms with Crippen LogP contribution >= 0.6 is 0 Å². The average Bonchev–Trinajstić information content (AvgIpc) is 2.45. The molecule has 22 heavy (non-hydrogen) atoms. The molecule has 0 N–H and O–H groups in total. The zero-order chi connectivity index (χ0) is 16.3. The first-order chi connectivity index (χ1) is 10.4. The number of rotatable bonds is 2. The molecule has 4 nitrogen and oxygen atoms in total. The molecule has 0 bridgehead atoms. The van der Waals surface area contributed by atoms with Gasteiger partial charge in [0.2, 0.25) is 0 Å². The van der Waals surface area contributed by atoms with Crippen LogP contribution in [-0.4, -0.2) is 30.2 Å². The molecule has 2 rings (SSSR count). The summed E-state index contributed by atoms with van der Waals surface area (Å²) in [6.07, 6.45) is 4.55. The zero-order valence-electron chi connectivity index (χ0n) is 14.1. The van der Waals surface area contributed by atoms with Gasteiger partial charge in [0, 0.05) is 6.54 Å². The molecule has 1 heterocycles. The summed E-state index contributed by atoms with van der Waals surface area (Å²) < 4.78 is 10.9. The second-order valence-corrected chi connectivity index (χ2v) is 6.46. The van der Waals surface area contributed by atoms with Gasteiger partial charge in [-0.25, -0.2) is 4.79 Å². The Labute approximate surface area is 132 Å². The van der Waals surface area contributed by atoms with E-state index in [0.717, 1.165) is 17.7 Å². The highest BCUT2D eigenvalue weighted by atomic mass is 16.6. The number of ether oxygens (including phenoxy) is 2. The van der Waals surface area contributed by atoms with Gasteiger partial charge in [-0.2, -0.15) is 0 Å². The second-order valence-electron chi connectivity index (χ2n) is 6.46. The number of nitrogens with zero attached hydrogens (tertiary/aromatic N) is 1. The number of methoxy groups -OCH3 is 1. The lowest BCUT2D eigenvalue weighted by Gasteiger charge is -2.36. The maximum absolute atomic E-state index is 12.5. The van der Waals surface area contributed by atoms with E-state index in [9.17, 15) is 4.79 Å². The first kappa shape index (κ1) is 16.4. The molecule has 120 valence electrons. The van der Waals surface area contributed by atoms with Crippen molar-refractivity contribution in [2.75, 3.05) is 13.7 Å². The highest BCUT2D eigenvalue weighted by Gasteiger charge is 2.32. The molecule has 0 saturated carbocycles. The van der Waals surface area contributed by atoms with Crippen LogP contribution in [-0.2, 0) is 11.2 Å². The van der Waals surface area contributed by atoms with Crippen molar-refractivity contribution >= 4 is 6.09 Å². The Morgan fingerprint density at radius 2 is 2.09 bits per heavy atom. The normalized spacial score (nSPS) is 18.2. The van der Waals surface area contributed by atoms with Crippen LogP contribution in [0.1, 0.15) is 44.9 Å². The average molecular weight is 303 g/mol. The fourth-order valence-corrected chi connectivity index (χ4v) is 2.67. The standard InChI is InChI=1S/C18H25NO3/c1-6-7-16-15-12-14(21-5)9-8-13(15)10-11-19(16)17(20)22-18(2,3)4/h6-9,12,16H,10-11H2,1-5H3/b7-6+/t16-/m0/s1. The Bertz CT molecular complexity index is 572. The van der Waals surface area contributed by atoms with E-state index < -0.39 is 5.60 Å². The minimum absolute atomic E-state index is 0.112. The predicted octanol–water partition coefficient (Wildman–Crippen LogP) is 4.11. The molecule has 1 aromatic rings. The van der Waals surface area contributed by atoms with E-state index >= 15 is 0 Å². The summed E-state index contributed by atoms with van der Waals surface area (Å²) in [4.78, 5) is 14.3. The topological polar surface area (TPSA) is 38.8 Å². The number of hydrogen-bond acceptors (Lipinski definition) is 3. The first-order valence-corrected chi connectivity index (χ1v) is 7.65. The third-order valence-corrected chi connectivity index (χ3v) is 3.63. The fourth-order valence-electron chi connectivity index (χ4n) is 2.67. The van der Waals surface area contributed by atoms with Gasteiger partial charge in [-0.15, -0.1) is 0 Å². The minimum Gasteiger partial charge on any atom is -0.497 e. The molecule has 0 unspecified atom stereocenters. The van der Waals surface area contributed by atoms with Crippen LogP contribution in [0.15, 0.2) is 30.4 Å². The smallest absolute Gasteiger partial charge is 0.411 e. The van der Waals surface area contributed by atoms with Crippen LogP contribution in [0, 0.1) is 0 Å². The van der Waals surface area contributed by atoms with Gasteiger partial charge in [0.15, 0.2) is 0 Å². The Balaban J connectivity index is 2.35. The number of benzene rings is 1. The van der Waals surface area contributed by atoms with Crippen molar-refractivity contribution in [3.8, 4) is 5.75 Å². The van der Waals surface area contributed by atoms with Crippen molar-refractivity contribution in [3.63, 3.8) is 0 Å². The van der Waals surface area contributed by atoms with E-state index in [4.69, 9.17) is 9.47 Å². The van der Waals surface area contributed by atoms with Gasteiger partial charge in [0.1, 0.15) is 11.4 Å². The quantitative estimate of drug-likeness (QED) is 0.772. The zero-order valence-corrected chi connectivity index (χ0v) is 14.1. The molecule has 4 heteroatoms. The van der Waals surface area contributed by atoms with Crippen molar-refractivity contribution in [3.05, 3.63) is 41.5 Å². The number of hydrogen-bond donors (Lipinski definition) is 0. The maximum Gasteiger partial charge on any atom is 0.411 e. The molecular formula is C18H25NO3. The summed E-state index contributed by atoms with van der Waals surface area (Å²) in [5, 5.41) is 0. The summed E-state index contributed by atoms with van der Waals surface area (Å²) in [6, 6.07) is 5.95. The SMILES string of the molecule is C/C=C/[C@H]1c2cc(OC)ccc2CCN1C(=O)OC(C)(C)C. The third-order valence-electron chi connectivity index (χ3n) is 3.63. The van der Waals surface area contributed by atoms with Gasteiger partial charge in [-0.3, -0.25) is 4.90 Å². The van der Waals surface area contributed by atoms with Gasteiger partial charge in [0.05, 0.1) is 13.2 Å². The number of fused-ring (bicyclic) bond motifs is 1. The largest absolute Gasteiger partial charge is 0.497 e. The molecule has 1 atom stereocenters. The van der Waals surface area contributed by atoms with Gasteiger partial charge in [-0.05, 0) is 57.4 Å². The molecule has 1 aliphatic rings. The Morgan fingerprint density at radius 3 is 2.68 bits per heavy atom. The highest BCUT2D eigenvalue weighted by Crippen LogP contribution is 2.34. The molecule has 0 aromatic heterocycles. The van der Waals surface area contributed by atoms with E-state index in [2.05, 4.69) is 6.07 Å². The van der Waals surface area contributed by atoms with Gasteiger partial charge < -0.3 is 9.47 Å². The molecule has 1 amide bonds. The molecule has 1 aliphatic heterocycles. The van der Waals surface area contributed by atoms with Gasteiger partial charge in [-0.1, -0.05) is 18.2 Å².